The quantitative estimate of drug-likeness (QED) is 0.682. The van der Waals surface area contributed by atoms with Gasteiger partial charge in [0.05, 0.1) is 12.7 Å². The van der Waals surface area contributed by atoms with Gasteiger partial charge in [0.25, 0.3) is 5.91 Å². The second-order valence-electron chi connectivity index (χ2n) is 5.65. The molecule has 2 rings (SSSR count). The summed E-state index contributed by atoms with van der Waals surface area (Å²) >= 11 is 6.10. The third kappa shape index (κ3) is 5.62. The molecule has 1 unspecified atom stereocenters. The van der Waals surface area contributed by atoms with Gasteiger partial charge < -0.3 is 19.9 Å². The van der Waals surface area contributed by atoms with Crippen molar-refractivity contribution in [1.82, 2.24) is 5.32 Å². The van der Waals surface area contributed by atoms with Crippen molar-refractivity contribution in [3.8, 4) is 11.5 Å². The third-order valence-electron chi connectivity index (χ3n) is 3.64. The van der Waals surface area contributed by atoms with Crippen LogP contribution in [0.25, 0.3) is 0 Å². The van der Waals surface area contributed by atoms with Crippen LogP contribution in [-0.4, -0.2) is 31.1 Å². The molecule has 2 aromatic carbocycles. The predicted molar refractivity (Wildman–Crippen MR) is 101 cm³/mol. The zero-order chi connectivity index (χ0) is 20.7. The molecule has 8 nitrogen and oxygen atoms in total. The summed E-state index contributed by atoms with van der Waals surface area (Å²) in [5.74, 6) is -0.898. The van der Waals surface area contributed by atoms with E-state index in [1.807, 2.05) is 23.5 Å². The van der Waals surface area contributed by atoms with Crippen molar-refractivity contribution in [2.75, 3.05) is 7.11 Å². The van der Waals surface area contributed by atoms with Crippen molar-refractivity contribution in [3.63, 3.8) is 0 Å². The highest BCUT2D eigenvalue weighted by molar-refractivity contribution is 6.31. The van der Waals surface area contributed by atoms with Gasteiger partial charge in [-0.15, -0.1) is 0 Å². The number of nitrogens with two attached hydrogens (primary N) is 1. The topological polar surface area (TPSA) is 117 Å². The highest BCUT2D eigenvalue weighted by atomic mass is 35.5. The number of hydrogen-bond donors (Lipinski definition) is 2. The molecule has 0 bridgehead atoms. The fourth-order valence-electron chi connectivity index (χ4n) is 2.19. The summed E-state index contributed by atoms with van der Waals surface area (Å²) in [6, 6.07) is 10.6. The van der Waals surface area contributed by atoms with Crippen molar-refractivity contribution in [1.29, 1.82) is 0 Å². The molecule has 0 heterocycles. The highest BCUT2D eigenvalue weighted by Gasteiger charge is 2.21. The van der Waals surface area contributed by atoms with Gasteiger partial charge in [-0.1, -0.05) is 29.8 Å². The Kier molecular flexibility index (Phi) is 7.22. The van der Waals surface area contributed by atoms with Crippen molar-refractivity contribution in [2.24, 2.45) is 5.73 Å². The van der Waals surface area contributed by atoms with E-state index >= 15 is 0 Å². The zero-order valence-electron chi connectivity index (χ0n) is 15.2. The lowest BCUT2D eigenvalue weighted by atomic mass is 10.2. The van der Waals surface area contributed by atoms with E-state index in [0.29, 0.717) is 16.5 Å². The maximum absolute atomic E-state index is 12.2. The van der Waals surface area contributed by atoms with E-state index in [9.17, 15) is 14.4 Å². The summed E-state index contributed by atoms with van der Waals surface area (Å²) in [7, 11) is 1.43. The first kappa shape index (κ1) is 21.0. The van der Waals surface area contributed by atoms with E-state index in [-0.39, 0.29) is 12.2 Å². The highest BCUT2D eigenvalue weighted by Crippen LogP contribution is 2.30. The number of methoxy groups -OCH3 is 1. The third-order valence-corrected chi connectivity index (χ3v) is 4.01. The van der Waals surface area contributed by atoms with E-state index in [1.54, 1.807) is 12.1 Å². The summed E-state index contributed by atoms with van der Waals surface area (Å²) in [4.78, 5) is 34.5. The SMILES string of the molecule is COc1cc(C(=O)OC(C)C(=O)NC(N)=O)ccc1OCc1ccccc1Cl. The number of esters is 1. The van der Waals surface area contributed by atoms with Gasteiger partial charge in [-0.2, -0.15) is 0 Å². The number of halogens is 1. The lowest BCUT2D eigenvalue weighted by molar-refractivity contribution is -0.127. The Morgan fingerprint density at radius 3 is 2.50 bits per heavy atom. The standard InChI is InChI=1S/C19H19ClN2O6/c1-11(17(23)22-19(21)25)28-18(24)12-7-8-15(16(9-12)26-2)27-10-13-5-3-4-6-14(13)20/h3-9,11H,10H2,1-2H3,(H3,21,22,23,25). The number of amides is 3. The van der Waals surface area contributed by atoms with Crippen molar-refractivity contribution in [2.45, 2.75) is 19.6 Å². The molecular weight excluding hydrogens is 388 g/mol. The molecule has 9 heteroatoms. The molecule has 148 valence electrons. The molecule has 0 aromatic heterocycles. The maximum atomic E-state index is 12.2. The first-order valence-corrected chi connectivity index (χ1v) is 8.55. The average Bonchev–Trinajstić information content (AvgIpc) is 2.66. The first-order valence-electron chi connectivity index (χ1n) is 8.17. The number of carbonyl (C=O) groups excluding carboxylic acids is 3. The van der Waals surface area contributed by atoms with Crippen LogP contribution >= 0.6 is 11.6 Å². The van der Waals surface area contributed by atoms with E-state index in [1.165, 1.54) is 26.2 Å². The molecular formula is C19H19ClN2O6. The number of carbonyl (C=O) groups is 3. The Bertz CT molecular complexity index is 886. The number of imide groups is 1. The molecule has 3 amide bonds. The Labute approximate surface area is 166 Å². The second kappa shape index (κ2) is 9.61. The Morgan fingerprint density at radius 2 is 1.86 bits per heavy atom. The van der Waals surface area contributed by atoms with Crippen molar-refractivity contribution < 1.29 is 28.6 Å². The molecule has 0 saturated carbocycles. The second-order valence-corrected chi connectivity index (χ2v) is 6.05. The summed E-state index contributed by atoms with van der Waals surface area (Å²) < 4.78 is 16.0. The number of benzene rings is 2. The van der Waals surface area contributed by atoms with Crippen LogP contribution in [0.3, 0.4) is 0 Å². The van der Waals surface area contributed by atoms with Crippen LogP contribution in [0.4, 0.5) is 4.79 Å². The molecule has 0 fully saturated rings. The number of urea groups is 1. The van der Waals surface area contributed by atoms with Crippen LogP contribution in [0.2, 0.25) is 5.02 Å². The summed E-state index contributed by atoms with van der Waals surface area (Å²) in [6.07, 6.45) is -1.21. The van der Waals surface area contributed by atoms with Crippen LogP contribution in [-0.2, 0) is 16.1 Å². The molecule has 0 aliphatic heterocycles. The fraction of sp³-hybridized carbons (Fsp3) is 0.211. The largest absolute Gasteiger partial charge is 0.493 e. The van der Waals surface area contributed by atoms with E-state index in [2.05, 4.69) is 0 Å². The number of nitrogens with one attached hydrogen (secondary N) is 1. The van der Waals surface area contributed by atoms with E-state index in [0.717, 1.165) is 5.56 Å². The minimum atomic E-state index is -1.21. The van der Waals surface area contributed by atoms with Gasteiger partial charge in [0.1, 0.15) is 6.61 Å². The minimum Gasteiger partial charge on any atom is -0.493 e. The monoisotopic (exact) mass is 406 g/mol. The van der Waals surface area contributed by atoms with Crippen LogP contribution in [0.15, 0.2) is 42.5 Å². The van der Waals surface area contributed by atoms with Crippen LogP contribution < -0.4 is 20.5 Å². The smallest absolute Gasteiger partial charge is 0.339 e. The normalized spacial score (nSPS) is 11.2. The lowest BCUT2D eigenvalue weighted by Crippen LogP contribution is -2.42. The minimum absolute atomic E-state index is 0.140. The van der Waals surface area contributed by atoms with Gasteiger partial charge in [-0.3, -0.25) is 10.1 Å². The molecule has 0 aliphatic carbocycles. The van der Waals surface area contributed by atoms with E-state index in [4.69, 9.17) is 31.5 Å². The number of primary amides is 1. The molecule has 3 N–H and O–H groups in total. The molecule has 2 aromatic rings. The summed E-state index contributed by atoms with van der Waals surface area (Å²) in [6.45, 7) is 1.53. The number of hydrogen-bond acceptors (Lipinski definition) is 6. The summed E-state index contributed by atoms with van der Waals surface area (Å²) in [5, 5.41) is 2.41. The maximum Gasteiger partial charge on any atom is 0.339 e. The van der Waals surface area contributed by atoms with Gasteiger partial charge in [-0.25, -0.2) is 9.59 Å². The van der Waals surface area contributed by atoms with Gasteiger partial charge in [0, 0.05) is 10.6 Å². The van der Waals surface area contributed by atoms with Gasteiger partial charge in [-0.05, 0) is 31.2 Å². The van der Waals surface area contributed by atoms with Crippen molar-refractivity contribution in [3.05, 3.63) is 58.6 Å². The van der Waals surface area contributed by atoms with Gasteiger partial charge in [0.2, 0.25) is 0 Å². The van der Waals surface area contributed by atoms with E-state index < -0.39 is 24.0 Å². The lowest BCUT2D eigenvalue weighted by Gasteiger charge is -2.14. The number of rotatable bonds is 7. The Hall–Kier alpha value is -3.26. The zero-order valence-corrected chi connectivity index (χ0v) is 16.0. The average molecular weight is 407 g/mol. The van der Waals surface area contributed by atoms with Gasteiger partial charge in [0.15, 0.2) is 17.6 Å². The molecule has 1 atom stereocenters. The molecule has 0 spiro atoms. The van der Waals surface area contributed by atoms with Crippen molar-refractivity contribution >= 4 is 29.5 Å². The van der Waals surface area contributed by atoms with Crippen LogP contribution in [0, 0.1) is 0 Å². The predicted octanol–water partition coefficient (Wildman–Crippen LogP) is 2.67. The van der Waals surface area contributed by atoms with Crippen LogP contribution in [0.5, 0.6) is 11.5 Å². The first-order chi connectivity index (χ1) is 13.3. The van der Waals surface area contributed by atoms with Gasteiger partial charge >= 0.3 is 12.0 Å². The van der Waals surface area contributed by atoms with Crippen LogP contribution in [0.1, 0.15) is 22.8 Å². The fourth-order valence-corrected chi connectivity index (χ4v) is 2.38. The Balaban J connectivity index is 2.07. The molecule has 28 heavy (non-hydrogen) atoms. The molecule has 0 aliphatic rings. The molecule has 0 saturated heterocycles. The Morgan fingerprint density at radius 1 is 1.14 bits per heavy atom. The molecule has 0 radical (unpaired) electrons. The summed E-state index contributed by atoms with van der Waals surface area (Å²) in [5.41, 5.74) is 5.79. The number of ether oxygens (including phenoxy) is 3.